The zero-order valence-electron chi connectivity index (χ0n) is 13.3. The van der Waals surface area contributed by atoms with E-state index in [1.165, 1.54) is 36.4 Å². The molecule has 1 saturated heterocycles. The van der Waals surface area contributed by atoms with E-state index in [9.17, 15) is 18.8 Å². The molecular weight excluding hydrogens is 327 g/mol. The number of carboxylic acid groups (broad SMARTS) is 1. The van der Waals surface area contributed by atoms with Crippen molar-refractivity contribution in [1.82, 2.24) is 0 Å². The molecule has 3 rings (SSSR count). The molecule has 2 aromatic rings. The lowest BCUT2D eigenvalue weighted by molar-refractivity contribution is -0.121. The third-order valence-electron chi connectivity index (χ3n) is 4.05. The number of nitrogens with zero attached hydrogens (tertiary/aromatic N) is 1. The van der Waals surface area contributed by atoms with Crippen LogP contribution in [0, 0.1) is 12.7 Å². The van der Waals surface area contributed by atoms with Crippen molar-refractivity contribution < 1.29 is 23.9 Å². The van der Waals surface area contributed by atoms with Gasteiger partial charge in [-0.2, -0.15) is 0 Å². The minimum Gasteiger partial charge on any atom is -0.478 e. The van der Waals surface area contributed by atoms with Crippen LogP contribution in [-0.4, -0.2) is 28.9 Å². The van der Waals surface area contributed by atoms with Crippen molar-refractivity contribution in [2.45, 2.75) is 19.4 Å². The summed E-state index contributed by atoms with van der Waals surface area (Å²) in [5.74, 6) is -2.40. The van der Waals surface area contributed by atoms with Crippen molar-refractivity contribution in [2.24, 2.45) is 0 Å². The fourth-order valence-corrected chi connectivity index (χ4v) is 2.70. The Morgan fingerprint density at radius 1 is 1.20 bits per heavy atom. The van der Waals surface area contributed by atoms with Gasteiger partial charge in [-0.1, -0.05) is 6.07 Å². The topological polar surface area (TPSA) is 86.7 Å². The molecule has 0 bridgehead atoms. The maximum Gasteiger partial charge on any atom is 0.335 e. The van der Waals surface area contributed by atoms with Gasteiger partial charge in [-0.05, 0) is 48.9 Å². The minimum atomic E-state index is -1.08. The highest BCUT2D eigenvalue weighted by atomic mass is 19.1. The van der Waals surface area contributed by atoms with Crippen LogP contribution >= 0.6 is 0 Å². The molecule has 2 amide bonds. The Kier molecular flexibility index (Phi) is 4.22. The number of carbonyl (C=O) groups is 3. The molecule has 0 saturated carbocycles. The summed E-state index contributed by atoms with van der Waals surface area (Å²) in [4.78, 5) is 36.9. The molecule has 128 valence electrons. The zero-order valence-corrected chi connectivity index (χ0v) is 13.3. The number of rotatable bonds is 4. The van der Waals surface area contributed by atoms with E-state index in [0.29, 0.717) is 11.4 Å². The Morgan fingerprint density at radius 2 is 1.88 bits per heavy atom. The largest absolute Gasteiger partial charge is 0.478 e. The predicted octanol–water partition coefficient (Wildman–Crippen LogP) is 2.58. The van der Waals surface area contributed by atoms with Crippen LogP contribution in [0.15, 0.2) is 42.5 Å². The molecule has 1 fully saturated rings. The minimum absolute atomic E-state index is 0.0626. The van der Waals surface area contributed by atoms with Crippen LogP contribution in [-0.2, 0) is 9.59 Å². The summed E-state index contributed by atoms with van der Waals surface area (Å²) in [5, 5.41) is 12.0. The van der Waals surface area contributed by atoms with Gasteiger partial charge in [0.25, 0.3) is 5.91 Å². The lowest BCUT2D eigenvalue weighted by atomic mass is 10.1. The molecule has 2 aromatic carbocycles. The molecule has 0 aromatic heterocycles. The smallest absolute Gasteiger partial charge is 0.335 e. The monoisotopic (exact) mass is 342 g/mol. The highest BCUT2D eigenvalue weighted by Gasteiger charge is 2.39. The summed E-state index contributed by atoms with van der Waals surface area (Å²) < 4.78 is 13.0. The number of aryl methyl sites for hydroxylation is 1. The Bertz CT molecular complexity index is 864. The molecule has 0 unspecified atom stereocenters. The first-order valence-corrected chi connectivity index (χ1v) is 7.59. The second-order valence-corrected chi connectivity index (χ2v) is 5.78. The van der Waals surface area contributed by atoms with Gasteiger partial charge in [0.15, 0.2) is 0 Å². The number of imide groups is 1. The van der Waals surface area contributed by atoms with Gasteiger partial charge in [-0.3, -0.25) is 9.59 Å². The number of carbonyl (C=O) groups excluding carboxylic acids is 2. The second kappa shape index (κ2) is 6.35. The van der Waals surface area contributed by atoms with Crippen molar-refractivity contribution in [3.8, 4) is 0 Å². The van der Waals surface area contributed by atoms with Crippen LogP contribution in [0.3, 0.4) is 0 Å². The van der Waals surface area contributed by atoms with E-state index in [4.69, 9.17) is 5.11 Å². The SMILES string of the molecule is Cc1ccc(C(=O)O)cc1N[C@H]1CC(=O)N(c2ccc(F)cc2)C1=O. The average Bonchev–Trinajstić information content (AvgIpc) is 2.84. The van der Waals surface area contributed by atoms with E-state index in [1.807, 2.05) is 0 Å². The molecule has 1 atom stereocenters. The molecule has 2 N–H and O–H groups in total. The summed E-state index contributed by atoms with van der Waals surface area (Å²) in [5.41, 5.74) is 1.62. The van der Waals surface area contributed by atoms with Crippen LogP contribution in [0.2, 0.25) is 0 Å². The van der Waals surface area contributed by atoms with Crippen LogP contribution in [0.1, 0.15) is 22.3 Å². The zero-order chi connectivity index (χ0) is 18.1. The Hall–Kier alpha value is -3.22. The van der Waals surface area contributed by atoms with Crippen LogP contribution in [0.25, 0.3) is 0 Å². The van der Waals surface area contributed by atoms with E-state index in [1.54, 1.807) is 13.0 Å². The first-order chi connectivity index (χ1) is 11.9. The first-order valence-electron chi connectivity index (χ1n) is 7.59. The van der Waals surface area contributed by atoms with E-state index in [2.05, 4.69) is 5.32 Å². The quantitative estimate of drug-likeness (QED) is 0.834. The summed E-state index contributed by atoms with van der Waals surface area (Å²) in [6.45, 7) is 1.77. The highest BCUT2D eigenvalue weighted by molar-refractivity contribution is 6.23. The predicted molar refractivity (Wildman–Crippen MR) is 89.1 cm³/mol. The third-order valence-corrected chi connectivity index (χ3v) is 4.05. The van der Waals surface area contributed by atoms with Crippen molar-refractivity contribution in [2.75, 3.05) is 10.2 Å². The number of benzene rings is 2. The number of carboxylic acids is 1. The summed E-state index contributed by atoms with van der Waals surface area (Å²) >= 11 is 0. The van der Waals surface area contributed by atoms with Crippen molar-refractivity contribution in [3.05, 3.63) is 59.4 Å². The molecule has 1 aliphatic rings. The normalized spacial score (nSPS) is 17.0. The number of hydrogen-bond donors (Lipinski definition) is 2. The number of anilines is 2. The lowest BCUT2D eigenvalue weighted by Gasteiger charge is -2.17. The number of halogens is 1. The standard InChI is InChI=1S/C18H15FN2O4/c1-10-2-3-11(18(24)25)8-14(10)20-15-9-16(22)21(17(15)23)13-6-4-12(19)5-7-13/h2-8,15,20H,9H2,1H3,(H,24,25)/t15-/m0/s1. The van der Waals surface area contributed by atoms with Crippen molar-refractivity contribution in [3.63, 3.8) is 0 Å². The summed E-state index contributed by atoms with van der Waals surface area (Å²) in [6, 6.07) is 8.80. The molecule has 0 spiro atoms. The molecule has 0 radical (unpaired) electrons. The van der Waals surface area contributed by atoms with Gasteiger partial charge in [-0.25, -0.2) is 14.1 Å². The molecule has 1 heterocycles. The molecule has 25 heavy (non-hydrogen) atoms. The molecular formula is C18H15FN2O4. The van der Waals surface area contributed by atoms with E-state index in [0.717, 1.165) is 10.5 Å². The maximum atomic E-state index is 13.0. The first kappa shape index (κ1) is 16.6. The van der Waals surface area contributed by atoms with Gasteiger partial charge in [0.05, 0.1) is 17.7 Å². The van der Waals surface area contributed by atoms with E-state index in [-0.39, 0.29) is 12.0 Å². The molecule has 6 nitrogen and oxygen atoms in total. The van der Waals surface area contributed by atoms with Gasteiger partial charge in [0.2, 0.25) is 5.91 Å². The number of nitrogens with one attached hydrogen (secondary N) is 1. The number of hydrogen-bond acceptors (Lipinski definition) is 4. The lowest BCUT2D eigenvalue weighted by Crippen LogP contribution is -2.35. The second-order valence-electron chi connectivity index (χ2n) is 5.78. The summed E-state index contributed by atoms with van der Waals surface area (Å²) in [7, 11) is 0. The number of amides is 2. The average molecular weight is 342 g/mol. The fourth-order valence-electron chi connectivity index (χ4n) is 2.70. The van der Waals surface area contributed by atoms with Gasteiger partial charge in [0.1, 0.15) is 11.9 Å². The number of aromatic carboxylic acids is 1. The van der Waals surface area contributed by atoms with Crippen molar-refractivity contribution >= 4 is 29.2 Å². The Labute approximate surface area is 142 Å². The van der Waals surface area contributed by atoms with Crippen LogP contribution < -0.4 is 10.2 Å². The van der Waals surface area contributed by atoms with Gasteiger partial charge in [-0.15, -0.1) is 0 Å². The van der Waals surface area contributed by atoms with Gasteiger partial charge >= 0.3 is 5.97 Å². The molecule has 0 aliphatic carbocycles. The Morgan fingerprint density at radius 3 is 2.52 bits per heavy atom. The molecule has 7 heteroatoms. The van der Waals surface area contributed by atoms with Gasteiger partial charge in [0, 0.05) is 5.69 Å². The third kappa shape index (κ3) is 3.21. The van der Waals surface area contributed by atoms with Crippen LogP contribution in [0.5, 0.6) is 0 Å². The maximum absolute atomic E-state index is 13.0. The fraction of sp³-hybridized carbons (Fsp3) is 0.167. The van der Waals surface area contributed by atoms with E-state index < -0.39 is 29.6 Å². The van der Waals surface area contributed by atoms with Crippen molar-refractivity contribution in [1.29, 1.82) is 0 Å². The van der Waals surface area contributed by atoms with Gasteiger partial charge < -0.3 is 10.4 Å². The highest BCUT2D eigenvalue weighted by Crippen LogP contribution is 2.26. The Balaban J connectivity index is 1.84. The van der Waals surface area contributed by atoms with E-state index >= 15 is 0 Å². The molecule has 1 aliphatic heterocycles. The summed E-state index contributed by atoms with van der Waals surface area (Å²) in [6.07, 6.45) is -0.0626. The van der Waals surface area contributed by atoms with Crippen LogP contribution in [0.4, 0.5) is 15.8 Å².